The molecule has 0 amide bonds. The maximum atomic E-state index is 12.5. The largest absolute Gasteiger partial charge is 0.392 e. The molecule has 0 spiro atoms. The third-order valence-electron chi connectivity index (χ3n) is 3.72. The number of hydrogen-bond donors (Lipinski definition) is 0. The fraction of sp³-hybridized carbons (Fsp3) is 0.263. The van der Waals surface area contributed by atoms with Crippen molar-refractivity contribution in [2.45, 2.75) is 26.2 Å². The second-order valence-electron chi connectivity index (χ2n) is 5.30. The summed E-state index contributed by atoms with van der Waals surface area (Å²) in [7, 11) is 0. The Morgan fingerprint density at radius 1 is 0.864 bits per heavy atom. The van der Waals surface area contributed by atoms with Gasteiger partial charge in [0.05, 0.1) is 5.92 Å². The number of carbonyl (C=O) groups is 2. The minimum atomic E-state index is -0.588. The van der Waals surface area contributed by atoms with E-state index in [1.54, 1.807) is 6.92 Å². The van der Waals surface area contributed by atoms with Gasteiger partial charge in [0.2, 0.25) is 0 Å². The molecule has 0 bridgehead atoms. The van der Waals surface area contributed by atoms with Gasteiger partial charge in [0, 0.05) is 0 Å². The molecule has 1 unspecified atom stereocenters. The lowest BCUT2D eigenvalue weighted by atomic mass is 9.91. The molecule has 2 rings (SSSR count). The molecule has 0 fully saturated rings. The van der Waals surface area contributed by atoms with Crippen LogP contribution in [-0.2, 0) is 14.3 Å². The fourth-order valence-corrected chi connectivity index (χ4v) is 2.18. The van der Waals surface area contributed by atoms with E-state index in [-0.39, 0.29) is 5.92 Å². The van der Waals surface area contributed by atoms with Crippen LogP contribution in [0.4, 0.5) is 0 Å². The molecule has 0 aliphatic rings. The maximum absolute atomic E-state index is 12.5. The molecule has 0 heterocycles. The minimum Gasteiger partial charge on any atom is -0.392 e. The van der Waals surface area contributed by atoms with Crippen molar-refractivity contribution in [1.29, 1.82) is 0 Å². The molecule has 3 nitrogen and oxygen atoms in total. The molecule has 2 aromatic carbocycles. The summed E-state index contributed by atoms with van der Waals surface area (Å²) in [6, 6.07) is 18.7. The van der Waals surface area contributed by atoms with Crippen LogP contribution in [-0.4, -0.2) is 11.9 Å². The average molecular weight is 296 g/mol. The van der Waals surface area contributed by atoms with Crippen molar-refractivity contribution in [2.75, 3.05) is 0 Å². The Morgan fingerprint density at radius 2 is 1.32 bits per heavy atom. The number of benzene rings is 2. The molecule has 2 aromatic rings. The Bertz CT molecular complexity index is 580. The van der Waals surface area contributed by atoms with Gasteiger partial charge >= 0.3 is 11.9 Å². The quantitative estimate of drug-likeness (QED) is 0.620. The lowest BCUT2D eigenvalue weighted by Gasteiger charge is -2.17. The van der Waals surface area contributed by atoms with E-state index in [1.165, 1.54) is 0 Å². The molecule has 22 heavy (non-hydrogen) atoms. The first-order valence-corrected chi connectivity index (χ1v) is 7.49. The summed E-state index contributed by atoms with van der Waals surface area (Å²) in [5.41, 5.74) is 1.63. The van der Waals surface area contributed by atoms with Gasteiger partial charge in [-0.3, -0.25) is 9.59 Å². The SMILES string of the molecule is CCC(C)C(=O)OC(=O)C(c1ccccc1)c1ccccc1. The van der Waals surface area contributed by atoms with E-state index < -0.39 is 17.9 Å². The Morgan fingerprint density at radius 3 is 1.73 bits per heavy atom. The molecule has 0 aromatic heterocycles. The number of hydrogen-bond acceptors (Lipinski definition) is 3. The molecular weight excluding hydrogens is 276 g/mol. The summed E-state index contributed by atoms with van der Waals surface area (Å²) in [5.74, 6) is -1.86. The van der Waals surface area contributed by atoms with Gasteiger partial charge < -0.3 is 4.74 Å². The summed E-state index contributed by atoms with van der Waals surface area (Å²) in [5, 5.41) is 0. The Kier molecular flexibility index (Phi) is 5.48. The van der Waals surface area contributed by atoms with Crippen LogP contribution in [0, 0.1) is 5.92 Å². The summed E-state index contributed by atoms with van der Waals surface area (Å²) >= 11 is 0. The van der Waals surface area contributed by atoms with Crippen LogP contribution in [0.2, 0.25) is 0 Å². The molecule has 0 radical (unpaired) electrons. The molecular formula is C19H20O3. The zero-order valence-corrected chi connectivity index (χ0v) is 12.9. The van der Waals surface area contributed by atoms with Gasteiger partial charge in [0.15, 0.2) is 0 Å². The number of ether oxygens (including phenoxy) is 1. The Labute approximate surface area is 130 Å². The summed E-state index contributed by atoms with van der Waals surface area (Å²) in [6.07, 6.45) is 0.646. The standard InChI is InChI=1S/C19H20O3/c1-3-14(2)18(20)22-19(21)17(15-10-6-4-7-11-15)16-12-8-5-9-13-16/h4-14,17H,3H2,1-2H3. The van der Waals surface area contributed by atoms with E-state index in [4.69, 9.17) is 4.74 Å². The van der Waals surface area contributed by atoms with Crippen molar-refractivity contribution in [3.63, 3.8) is 0 Å². The Balaban J connectivity index is 2.29. The second-order valence-corrected chi connectivity index (χ2v) is 5.30. The van der Waals surface area contributed by atoms with Crippen LogP contribution in [0.5, 0.6) is 0 Å². The zero-order valence-electron chi connectivity index (χ0n) is 12.9. The highest BCUT2D eigenvalue weighted by atomic mass is 16.6. The van der Waals surface area contributed by atoms with Crippen LogP contribution in [0.3, 0.4) is 0 Å². The lowest BCUT2D eigenvalue weighted by molar-refractivity contribution is -0.162. The van der Waals surface area contributed by atoms with Crippen molar-refractivity contribution >= 4 is 11.9 Å². The topological polar surface area (TPSA) is 43.4 Å². The molecule has 0 aliphatic carbocycles. The van der Waals surface area contributed by atoms with Gasteiger partial charge in [-0.1, -0.05) is 74.5 Å². The first-order chi connectivity index (χ1) is 10.6. The molecule has 1 atom stereocenters. The van der Waals surface area contributed by atoms with Crippen LogP contribution >= 0.6 is 0 Å². The first kappa shape index (κ1) is 16.0. The first-order valence-electron chi connectivity index (χ1n) is 7.49. The highest BCUT2D eigenvalue weighted by molar-refractivity contribution is 5.92. The van der Waals surface area contributed by atoms with Gasteiger partial charge in [-0.05, 0) is 17.5 Å². The second kappa shape index (κ2) is 7.55. The predicted octanol–water partition coefficient (Wildman–Crippen LogP) is 3.93. The predicted molar refractivity (Wildman–Crippen MR) is 85.3 cm³/mol. The van der Waals surface area contributed by atoms with Gasteiger partial charge in [-0.2, -0.15) is 0 Å². The third kappa shape index (κ3) is 3.82. The fourth-order valence-electron chi connectivity index (χ4n) is 2.18. The van der Waals surface area contributed by atoms with Crippen LogP contribution in [0.25, 0.3) is 0 Å². The van der Waals surface area contributed by atoms with Crippen LogP contribution in [0.15, 0.2) is 60.7 Å². The van der Waals surface area contributed by atoms with Crippen LogP contribution in [0.1, 0.15) is 37.3 Å². The Hall–Kier alpha value is -2.42. The number of esters is 2. The van der Waals surface area contributed by atoms with Gasteiger partial charge in [-0.15, -0.1) is 0 Å². The molecule has 0 N–H and O–H groups in total. The van der Waals surface area contributed by atoms with Gasteiger partial charge in [-0.25, -0.2) is 0 Å². The van der Waals surface area contributed by atoms with Gasteiger partial charge in [0.1, 0.15) is 5.92 Å². The van der Waals surface area contributed by atoms with E-state index in [0.717, 1.165) is 11.1 Å². The van der Waals surface area contributed by atoms with Crippen LogP contribution < -0.4 is 0 Å². The highest BCUT2D eigenvalue weighted by Crippen LogP contribution is 2.26. The van der Waals surface area contributed by atoms with E-state index in [2.05, 4.69) is 0 Å². The summed E-state index contributed by atoms with van der Waals surface area (Å²) in [4.78, 5) is 24.4. The maximum Gasteiger partial charge on any atom is 0.325 e. The van der Waals surface area contributed by atoms with E-state index in [1.807, 2.05) is 67.6 Å². The van der Waals surface area contributed by atoms with Crippen molar-refractivity contribution in [3.05, 3.63) is 71.8 Å². The third-order valence-corrected chi connectivity index (χ3v) is 3.72. The molecule has 0 aliphatic heterocycles. The normalized spacial score (nSPS) is 12.0. The zero-order chi connectivity index (χ0) is 15.9. The molecule has 0 saturated carbocycles. The molecule has 3 heteroatoms. The smallest absolute Gasteiger partial charge is 0.325 e. The van der Waals surface area contributed by atoms with E-state index in [0.29, 0.717) is 6.42 Å². The van der Waals surface area contributed by atoms with E-state index in [9.17, 15) is 9.59 Å². The van der Waals surface area contributed by atoms with Crippen molar-refractivity contribution in [3.8, 4) is 0 Å². The van der Waals surface area contributed by atoms with Crippen molar-refractivity contribution in [1.82, 2.24) is 0 Å². The number of carbonyl (C=O) groups excluding carboxylic acids is 2. The monoisotopic (exact) mass is 296 g/mol. The molecule has 0 saturated heterocycles. The minimum absolute atomic E-state index is 0.281. The lowest BCUT2D eigenvalue weighted by Crippen LogP contribution is -2.24. The highest BCUT2D eigenvalue weighted by Gasteiger charge is 2.27. The molecule has 114 valence electrons. The number of rotatable bonds is 5. The van der Waals surface area contributed by atoms with Crippen molar-refractivity contribution in [2.24, 2.45) is 5.92 Å². The van der Waals surface area contributed by atoms with Crippen molar-refractivity contribution < 1.29 is 14.3 Å². The summed E-state index contributed by atoms with van der Waals surface area (Å²) in [6.45, 7) is 3.65. The van der Waals surface area contributed by atoms with E-state index >= 15 is 0 Å². The summed E-state index contributed by atoms with van der Waals surface area (Å²) < 4.78 is 5.10. The van der Waals surface area contributed by atoms with Gasteiger partial charge in [0.25, 0.3) is 0 Å². The average Bonchev–Trinajstić information content (AvgIpc) is 2.56.